The largest absolute Gasteiger partial charge is 0.489 e. The summed E-state index contributed by atoms with van der Waals surface area (Å²) in [6.07, 6.45) is 1.11. The molecule has 25 heavy (non-hydrogen) atoms. The first-order valence-corrected chi connectivity index (χ1v) is 8.69. The number of nitrogens with one attached hydrogen (secondary N) is 2. The molecule has 3 N–H and O–H groups in total. The number of carbonyl (C=O) groups is 1. The molecular formula is C20H24N2O3. The minimum absolute atomic E-state index is 0.178. The summed E-state index contributed by atoms with van der Waals surface area (Å²) < 4.78 is 5.73. The molecule has 0 radical (unpaired) electrons. The Morgan fingerprint density at radius 1 is 1.16 bits per heavy atom. The fraction of sp³-hybridized carbons (Fsp3) is 0.350. The molecule has 5 nitrogen and oxygen atoms in total. The molecule has 1 heterocycles. The molecule has 2 aromatic carbocycles. The van der Waals surface area contributed by atoms with Gasteiger partial charge in [0.1, 0.15) is 12.4 Å². The summed E-state index contributed by atoms with van der Waals surface area (Å²) in [5.41, 5.74) is 1.66. The number of benzene rings is 2. The Balaban J connectivity index is 1.55. The zero-order valence-electron chi connectivity index (χ0n) is 14.2. The smallest absolute Gasteiger partial charge is 0.251 e. The molecule has 0 spiro atoms. The van der Waals surface area contributed by atoms with E-state index < -0.39 is 6.10 Å². The number of hydrogen-bond acceptors (Lipinski definition) is 4. The van der Waals surface area contributed by atoms with Gasteiger partial charge in [0, 0.05) is 12.1 Å². The maximum Gasteiger partial charge on any atom is 0.251 e. The Hall–Kier alpha value is -2.37. The molecule has 5 heteroatoms. The van der Waals surface area contributed by atoms with Crippen molar-refractivity contribution in [1.29, 1.82) is 0 Å². The van der Waals surface area contributed by atoms with Gasteiger partial charge < -0.3 is 20.5 Å². The van der Waals surface area contributed by atoms with Gasteiger partial charge in [0.05, 0.1) is 12.1 Å². The van der Waals surface area contributed by atoms with Crippen LogP contribution < -0.4 is 15.4 Å². The SMILES string of the molecule is O=C(N[C@H]1CNCCC[C@@H]1O)c1ccc(OCc2ccccc2)cc1. The van der Waals surface area contributed by atoms with Gasteiger partial charge in [-0.3, -0.25) is 4.79 Å². The van der Waals surface area contributed by atoms with Crippen LogP contribution in [0.15, 0.2) is 54.6 Å². The fourth-order valence-corrected chi connectivity index (χ4v) is 2.87. The number of ether oxygens (including phenoxy) is 1. The van der Waals surface area contributed by atoms with Gasteiger partial charge in [0.25, 0.3) is 5.91 Å². The molecule has 3 rings (SSSR count). The molecule has 2 atom stereocenters. The molecule has 0 unspecified atom stereocenters. The van der Waals surface area contributed by atoms with E-state index in [1.807, 2.05) is 30.3 Å². The van der Waals surface area contributed by atoms with Crippen LogP contribution in [0.5, 0.6) is 5.75 Å². The monoisotopic (exact) mass is 340 g/mol. The summed E-state index contributed by atoms with van der Waals surface area (Å²) in [6.45, 7) is 1.95. The van der Waals surface area contributed by atoms with Gasteiger partial charge in [-0.2, -0.15) is 0 Å². The second kappa shape index (κ2) is 8.65. The topological polar surface area (TPSA) is 70.6 Å². The van der Waals surface area contributed by atoms with Crippen molar-refractivity contribution in [3.05, 3.63) is 65.7 Å². The lowest BCUT2D eigenvalue weighted by molar-refractivity contribution is 0.0832. The van der Waals surface area contributed by atoms with Crippen LogP contribution in [0.2, 0.25) is 0 Å². The van der Waals surface area contributed by atoms with Crippen LogP contribution in [0.4, 0.5) is 0 Å². The number of aliphatic hydroxyl groups excluding tert-OH is 1. The third-order valence-corrected chi connectivity index (χ3v) is 4.36. The number of amides is 1. The Morgan fingerprint density at radius 2 is 1.92 bits per heavy atom. The number of hydrogen-bond donors (Lipinski definition) is 3. The molecule has 1 aliphatic rings. The zero-order valence-corrected chi connectivity index (χ0v) is 14.2. The number of rotatable bonds is 5. The van der Waals surface area contributed by atoms with E-state index in [1.54, 1.807) is 24.3 Å². The molecule has 1 aliphatic heterocycles. The van der Waals surface area contributed by atoms with Crippen LogP contribution in [0.25, 0.3) is 0 Å². The standard InChI is InChI=1S/C20H24N2O3/c23-19-7-4-12-21-13-18(19)22-20(24)16-8-10-17(11-9-16)25-14-15-5-2-1-3-6-15/h1-3,5-6,8-11,18-19,21,23H,4,7,12-14H2,(H,22,24)/t18-,19-/m0/s1. The minimum Gasteiger partial charge on any atom is -0.489 e. The van der Waals surface area contributed by atoms with Crippen molar-refractivity contribution >= 4 is 5.91 Å². The van der Waals surface area contributed by atoms with E-state index in [0.717, 1.165) is 24.3 Å². The Labute approximate surface area is 148 Å². The molecule has 132 valence electrons. The predicted octanol–water partition coefficient (Wildman–Crippen LogP) is 2.11. The van der Waals surface area contributed by atoms with Crippen LogP contribution in [0, 0.1) is 0 Å². The molecule has 0 bridgehead atoms. The lowest BCUT2D eigenvalue weighted by Gasteiger charge is -2.21. The first-order chi connectivity index (χ1) is 12.2. The average molecular weight is 340 g/mol. The summed E-state index contributed by atoms with van der Waals surface area (Å²) in [5.74, 6) is 0.541. The molecule has 0 aromatic heterocycles. The minimum atomic E-state index is -0.507. The van der Waals surface area contributed by atoms with Crippen LogP contribution in [-0.2, 0) is 6.61 Å². The van der Waals surface area contributed by atoms with E-state index >= 15 is 0 Å². The van der Waals surface area contributed by atoms with Gasteiger partial charge in [0.2, 0.25) is 0 Å². The highest BCUT2D eigenvalue weighted by molar-refractivity contribution is 5.94. The van der Waals surface area contributed by atoms with Gasteiger partial charge >= 0.3 is 0 Å². The molecule has 0 saturated carbocycles. The van der Waals surface area contributed by atoms with Gasteiger partial charge in [-0.25, -0.2) is 0 Å². The number of carbonyl (C=O) groups excluding carboxylic acids is 1. The third-order valence-electron chi connectivity index (χ3n) is 4.36. The fourth-order valence-electron chi connectivity index (χ4n) is 2.87. The highest BCUT2D eigenvalue weighted by Gasteiger charge is 2.23. The summed E-state index contributed by atoms with van der Waals surface area (Å²) in [6, 6.07) is 16.7. The van der Waals surface area contributed by atoms with Gasteiger partial charge in [-0.15, -0.1) is 0 Å². The zero-order chi connectivity index (χ0) is 17.5. The van der Waals surface area contributed by atoms with Crippen molar-refractivity contribution in [2.75, 3.05) is 13.1 Å². The molecular weight excluding hydrogens is 316 g/mol. The quantitative estimate of drug-likeness (QED) is 0.780. The average Bonchev–Trinajstić information content (AvgIpc) is 2.86. The maximum absolute atomic E-state index is 12.4. The first kappa shape index (κ1) is 17.5. The van der Waals surface area contributed by atoms with E-state index in [1.165, 1.54) is 0 Å². The van der Waals surface area contributed by atoms with Gasteiger partial charge in [-0.1, -0.05) is 30.3 Å². The molecule has 1 fully saturated rings. The number of aliphatic hydroxyl groups is 1. The summed E-state index contributed by atoms with van der Waals surface area (Å²) >= 11 is 0. The van der Waals surface area contributed by atoms with Crippen molar-refractivity contribution in [2.24, 2.45) is 0 Å². The predicted molar refractivity (Wildman–Crippen MR) is 96.6 cm³/mol. The van der Waals surface area contributed by atoms with Crippen molar-refractivity contribution in [3.8, 4) is 5.75 Å². The molecule has 2 aromatic rings. The second-order valence-electron chi connectivity index (χ2n) is 6.29. The second-order valence-corrected chi connectivity index (χ2v) is 6.29. The highest BCUT2D eigenvalue weighted by atomic mass is 16.5. The van der Waals surface area contributed by atoms with E-state index in [0.29, 0.717) is 25.1 Å². The molecule has 1 amide bonds. The highest BCUT2D eigenvalue weighted by Crippen LogP contribution is 2.15. The lowest BCUT2D eigenvalue weighted by atomic mass is 10.1. The van der Waals surface area contributed by atoms with Crippen molar-refractivity contribution < 1.29 is 14.6 Å². The van der Waals surface area contributed by atoms with Crippen molar-refractivity contribution in [3.63, 3.8) is 0 Å². The molecule has 0 aliphatic carbocycles. The van der Waals surface area contributed by atoms with Crippen LogP contribution in [-0.4, -0.2) is 36.2 Å². The first-order valence-electron chi connectivity index (χ1n) is 8.69. The normalized spacial score (nSPS) is 20.5. The lowest BCUT2D eigenvalue weighted by Crippen LogP contribution is -2.47. The third kappa shape index (κ3) is 5.05. The summed E-state index contributed by atoms with van der Waals surface area (Å²) in [5, 5.41) is 16.2. The molecule has 1 saturated heterocycles. The Bertz CT molecular complexity index is 673. The van der Waals surface area contributed by atoms with E-state index in [4.69, 9.17) is 4.74 Å². The van der Waals surface area contributed by atoms with E-state index in [9.17, 15) is 9.90 Å². The van der Waals surface area contributed by atoms with Gasteiger partial charge in [0.15, 0.2) is 0 Å². The van der Waals surface area contributed by atoms with E-state index in [-0.39, 0.29) is 11.9 Å². The Kier molecular flexibility index (Phi) is 6.04. The van der Waals surface area contributed by atoms with Crippen molar-refractivity contribution in [1.82, 2.24) is 10.6 Å². The summed E-state index contributed by atoms with van der Waals surface area (Å²) in [4.78, 5) is 12.4. The van der Waals surface area contributed by atoms with Crippen LogP contribution in [0.3, 0.4) is 0 Å². The summed E-state index contributed by atoms with van der Waals surface area (Å²) in [7, 11) is 0. The van der Waals surface area contributed by atoms with E-state index in [2.05, 4.69) is 10.6 Å². The van der Waals surface area contributed by atoms with Crippen molar-refractivity contribution in [2.45, 2.75) is 31.6 Å². The van der Waals surface area contributed by atoms with Gasteiger partial charge in [-0.05, 0) is 49.2 Å². The Morgan fingerprint density at radius 3 is 2.68 bits per heavy atom. The van der Waals surface area contributed by atoms with Crippen LogP contribution in [0.1, 0.15) is 28.8 Å². The maximum atomic E-state index is 12.4. The van der Waals surface area contributed by atoms with Crippen LogP contribution >= 0.6 is 0 Å².